The van der Waals surface area contributed by atoms with E-state index in [2.05, 4.69) is 29.5 Å². The molecule has 2 N–H and O–H groups in total. The molecule has 0 aliphatic rings. The summed E-state index contributed by atoms with van der Waals surface area (Å²) in [6.07, 6.45) is 3.61. The molecule has 0 unspecified atom stereocenters. The number of rotatable bonds is 7. The summed E-state index contributed by atoms with van der Waals surface area (Å²) in [6, 6.07) is 25.2. The Kier molecular flexibility index (Phi) is 7.47. The third-order valence-corrected chi connectivity index (χ3v) is 7.48. The van der Waals surface area contributed by atoms with Crippen LogP contribution in [-0.4, -0.2) is 30.4 Å². The van der Waals surface area contributed by atoms with E-state index in [9.17, 15) is 14.0 Å². The molecule has 2 aromatic heterocycles. The molecule has 6 aromatic rings. The maximum absolute atomic E-state index is 13.6. The number of benzene rings is 4. The minimum Gasteiger partial charge on any atom is -0.455 e. The molecule has 214 valence electrons. The third kappa shape index (κ3) is 5.37. The minimum absolute atomic E-state index is 0.174. The summed E-state index contributed by atoms with van der Waals surface area (Å²) in [6.45, 7) is 4.64. The summed E-state index contributed by atoms with van der Waals surface area (Å²) in [7, 11) is 1.56. The molecule has 4 aromatic carbocycles. The van der Waals surface area contributed by atoms with Crippen LogP contribution in [0.5, 0.6) is 0 Å². The molecule has 0 aliphatic carbocycles. The van der Waals surface area contributed by atoms with Gasteiger partial charge in [0, 0.05) is 53.4 Å². The third-order valence-electron chi connectivity index (χ3n) is 7.48. The summed E-state index contributed by atoms with van der Waals surface area (Å²) in [4.78, 5) is 31.1. The summed E-state index contributed by atoms with van der Waals surface area (Å²) >= 11 is 0. The van der Waals surface area contributed by atoms with Crippen molar-refractivity contribution in [2.45, 2.75) is 13.8 Å². The Hall–Kier alpha value is -5.30. The van der Waals surface area contributed by atoms with Gasteiger partial charge in [-0.1, -0.05) is 56.3 Å². The van der Waals surface area contributed by atoms with Gasteiger partial charge in [-0.3, -0.25) is 14.6 Å². The van der Waals surface area contributed by atoms with Gasteiger partial charge in [-0.05, 0) is 70.5 Å². The number of amides is 2. The van der Waals surface area contributed by atoms with Crippen molar-refractivity contribution >= 4 is 33.6 Å². The van der Waals surface area contributed by atoms with Crippen LogP contribution in [0, 0.1) is 11.7 Å². The molecule has 0 aliphatic heterocycles. The summed E-state index contributed by atoms with van der Waals surface area (Å²) < 4.78 is 19.7. The van der Waals surface area contributed by atoms with Crippen LogP contribution in [0.15, 0.2) is 102 Å². The Morgan fingerprint density at radius 2 is 1.53 bits per heavy atom. The standard InChI is InChI=1S/C36H30FN3O3/c1-21(2)18-40-35(41)29-16-23(10-14-28(29)31-20-39-19-25-6-4-5-7-27(25)31)24-11-15-32-30(17-24)33(36(42)38-3)34(43-32)22-8-12-26(37)13-9-22/h4-17,19-21H,18H2,1-3H3,(H,38,42)(H,40,41). The second kappa shape index (κ2) is 11.5. The first-order valence-electron chi connectivity index (χ1n) is 14.1. The number of halogens is 1. The lowest BCUT2D eigenvalue weighted by molar-refractivity contribution is 0.0946. The Morgan fingerprint density at radius 3 is 2.30 bits per heavy atom. The van der Waals surface area contributed by atoms with Gasteiger partial charge in [0.15, 0.2) is 0 Å². The first-order chi connectivity index (χ1) is 20.8. The fraction of sp³-hybridized carbons (Fsp3) is 0.139. The number of aromatic nitrogens is 1. The fourth-order valence-corrected chi connectivity index (χ4v) is 5.30. The number of fused-ring (bicyclic) bond motifs is 2. The van der Waals surface area contributed by atoms with Crippen molar-refractivity contribution in [3.63, 3.8) is 0 Å². The normalized spacial score (nSPS) is 11.3. The van der Waals surface area contributed by atoms with Crippen molar-refractivity contribution in [3.8, 4) is 33.6 Å². The summed E-state index contributed by atoms with van der Waals surface area (Å²) in [5, 5.41) is 8.37. The Balaban J connectivity index is 1.51. The van der Waals surface area contributed by atoms with Gasteiger partial charge in [0.1, 0.15) is 17.2 Å². The highest BCUT2D eigenvalue weighted by Crippen LogP contribution is 2.38. The number of nitrogens with one attached hydrogen (secondary N) is 2. The highest BCUT2D eigenvalue weighted by molar-refractivity contribution is 6.12. The van der Waals surface area contributed by atoms with Crippen LogP contribution in [-0.2, 0) is 0 Å². The molecule has 0 radical (unpaired) electrons. The molecule has 0 fully saturated rings. The van der Waals surface area contributed by atoms with Crippen LogP contribution in [0.3, 0.4) is 0 Å². The number of hydrogen-bond acceptors (Lipinski definition) is 4. The van der Waals surface area contributed by atoms with E-state index in [1.807, 2.05) is 66.9 Å². The smallest absolute Gasteiger partial charge is 0.255 e. The van der Waals surface area contributed by atoms with Crippen LogP contribution < -0.4 is 10.6 Å². The van der Waals surface area contributed by atoms with E-state index < -0.39 is 0 Å². The molecular formula is C36H30FN3O3. The van der Waals surface area contributed by atoms with E-state index in [1.54, 1.807) is 25.4 Å². The van der Waals surface area contributed by atoms with Gasteiger partial charge in [0.2, 0.25) is 0 Å². The largest absolute Gasteiger partial charge is 0.455 e. The minimum atomic E-state index is -0.375. The van der Waals surface area contributed by atoms with Crippen molar-refractivity contribution in [1.29, 1.82) is 0 Å². The van der Waals surface area contributed by atoms with Crippen LogP contribution in [0.1, 0.15) is 34.6 Å². The highest BCUT2D eigenvalue weighted by Gasteiger charge is 2.23. The average Bonchev–Trinajstić information content (AvgIpc) is 3.42. The summed E-state index contributed by atoms with van der Waals surface area (Å²) in [5.74, 6) is -0.217. The van der Waals surface area contributed by atoms with Crippen LogP contribution in [0.25, 0.3) is 55.3 Å². The maximum Gasteiger partial charge on any atom is 0.255 e. The number of hydrogen-bond donors (Lipinski definition) is 2. The van der Waals surface area contributed by atoms with Crippen LogP contribution in [0.2, 0.25) is 0 Å². The maximum atomic E-state index is 13.6. The van der Waals surface area contributed by atoms with Crippen molar-refractivity contribution in [2.75, 3.05) is 13.6 Å². The molecule has 0 saturated heterocycles. The van der Waals surface area contributed by atoms with Gasteiger partial charge in [-0.15, -0.1) is 0 Å². The molecule has 2 amide bonds. The quantitative estimate of drug-likeness (QED) is 0.204. The molecule has 7 heteroatoms. The molecular weight excluding hydrogens is 541 g/mol. The lowest BCUT2D eigenvalue weighted by Gasteiger charge is -2.15. The second-order valence-corrected chi connectivity index (χ2v) is 10.9. The Labute approximate surface area is 248 Å². The molecule has 0 atom stereocenters. The zero-order valence-electron chi connectivity index (χ0n) is 24.1. The van der Waals surface area contributed by atoms with E-state index in [-0.39, 0.29) is 23.5 Å². The SMILES string of the molecule is CNC(=O)c1c(-c2ccc(F)cc2)oc2ccc(-c3ccc(-c4cncc5ccccc45)c(C(=O)NCC(C)C)c3)cc12. The first-order valence-corrected chi connectivity index (χ1v) is 14.1. The van der Waals surface area contributed by atoms with Crippen LogP contribution >= 0.6 is 0 Å². The van der Waals surface area contributed by atoms with Crippen molar-refractivity contribution in [3.05, 3.63) is 114 Å². The van der Waals surface area contributed by atoms with Crippen molar-refractivity contribution < 1.29 is 18.4 Å². The van der Waals surface area contributed by atoms with E-state index in [0.29, 0.717) is 40.0 Å². The van der Waals surface area contributed by atoms with Crippen molar-refractivity contribution in [1.82, 2.24) is 15.6 Å². The molecule has 43 heavy (non-hydrogen) atoms. The predicted octanol–water partition coefficient (Wildman–Crippen LogP) is 7.87. The van der Waals surface area contributed by atoms with E-state index in [4.69, 9.17) is 4.42 Å². The van der Waals surface area contributed by atoms with Gasteiger partial charge in [0.05, 0.1) is 5.56 Å². The Morgan fingerprint density at radius 1 is 0.814 bits per heavy atom. The van der Waals surface area contributed by atoms with Gasteiger partial charge in [-0.2, -0.15) is 0 Å². The number of carbonyl (C=O) groups excluding carboxylic acids is 2. The number of carbonyl (C=O) groups is 2. The molecule has 6 rings (SSSR count). The van der Waals surface area contributed by atoms with Gasteiger partial charge < -0.3 is 15.1 Å². The van der Waals surface area contributed by atoms with Gasteiger partial charge in [-0.25, -0.2) is 4.39 Å². The zero-order valence-corrected chi connectivity index (χ0v) is 24.1. The van der Waals surface area contributed by atoms with Gasteiger partial charge in [0.25, 0.3) is 11.8 Å². The lowest BCUT2D eigenvalue weighted by atomic mass is 9.92. The molecule has 2 heterocycles. The van der Waals surface area contributed by atoms with E-state index >= 15 is 0 Å². The van der Waals surface area contributed by atoms with Gasteiger partial charge >= 0.3 is 0 Å². The monoisotopic (exact) mass is 571 g/mol. The van der Waals surface area contributed by atoms with Crippen LogP contribution in [0.4, 0.5) is 4.39 Å². The topological polar surface area (TPSA) is 84.2 Å². The van der Waals surface area contributed by atoms with E-state index in [0.717, 1.165) is 33.0 Å². The molecule has 0 bridgehead atoms. The highest BCUT2D eigenvalue weighted by atomic mass is 19.1. The molecule has 0 saturated carbocycles. The Bertz CT molecular complexity index is 1990. The zero-order chi connectivity index (χ0) is 30.1. The number of nitrogens with zero attached hydrogens (tertiary/aromatic N) is 1. The first kappa shape index (κ1) is 27.8. The number of furan rings is 1. The second-order valence-electron chi connectivity index (χ2n) is 10.9. The molecule has 0 spiro atoms. The molecule has 6 nitrogen and oxygen atoms in total. The van der Waals surface area contributed by atoms with E-state index in [1.165, 1.54) is 12.1 Å². The summed E-state index contributed by atoms with van der Waals surface area (Å²) in [5.41, 5.74) is 5.27. The lowest BCUT2D eigenvalue weighted by Crippen LogP contribution is -2.27. The fourth-order valence-electron chi connectivity index (χ4n) is 5.30. The van der Waals surface area contributed by atoms with Crippen molar-refractivity contribution in [2.24, 2.45) is 5.92 Å². The predicted molar refractivity (Wildman–Crippen MR) is 168 cm³/mol. The average molecular weight is 572 g/mol. The number of pyridine rings is 1.